The Morgan fingerprint density at radius 3 is 2.34 bits per heavy atom. The second-order valence-electron chi connectivity index (χ2n) is 15.7. The first-order chi connectivity index (χ1) is 30.9. The number of nitrogens with one attached hydrogen (secondary N) is 1. The highest BCUT2D eigenvalue weighted by Gasteiger charge is 2.26. The first kappa shape index (κ1) is 46.5. The van der Waals surface area contributed by atoms with Crippen molar-refractivity contribution in [2.24, 2.45) is 7.05 Å². The highest BCUT2D eigenvalue weighted by molar-refractivity contribution is 14.1. The lowest BCUT2D eigenvalue weighted by atomic mass is 9.98. The number of aryl methyl sites for hydroxylation is 1. The van der Waals surface area contributed by atoms with Gasteiger partial charge in [-0.3, -0.25) is 33.2 Å². The number of pyridine rings is 1. The van der Waals surface area contributed by atoms with Crippen LogP contribution in [0.5, 0.6) is 17.5 Å². The summed E-state index contributed by atoms with van der Waals surface area (Å²) < 4.78 is 54.2. The van der Waals surface area contributed by atoms with Crippen LogP contribution >= 0.6 is 22.6 Å². The average Bonchev–Trinajstić information content (AvgIpc) is 3.65. The van der Waals surface area contributed by atoms with Gasteiger partial charge < -0.3 is 35.4 Å². The molecule has 1 aliphatic rings. The minimum absolute atomic E-state index is 0.0345. The number of carbonyl (C=O) groups is 2. The van der Waals surface area contributed by atoms with Crippen molar-refractivity contribution in [2.75, 3.05) is 38.1 Å². The molecule has 6 aromatic rings. The first-order valence-corrected chi connectivity index (χ1v) is 21.3. The summed E-state index contributed by atoms with van der Waals surface area (Å²) in [6.07, 6.45) is -0.883. The summed E-state index contributed by atoms with van der Waals surface area (Å²) in [6.45, 7) is 4.35. The number of aliphatic hydroxyl groups is 1. The molecule has 0 radical (unpaired) electrons. The maximum atomic E-state index is 15.6. The normalized spacial score (nSPS) is 13.7. The Kier molecular flexibility index (Phi) is 13.8. The van der Waals surface area contributed by atoms with Gasteiger partial charge in [0.1, 0.15) is 47.6 Å². The molecule has 0 bridgehead atoms. The van der Waals surface area contributed by atoms with E-state index in [0.29, 0.717) is 40.9 Å². The molecule has 1 aliphatic heterocycles. The number of aromatic nitrogens is 6. The van der Waals surface area contributed by atoms with Gasteiger partial charge >= 0.3 is 12.0 Å². The van der Waals surface area contributed by atoms with Gasteiger partial charge in [-0.25, -0.2) is 18.3 Å². The molecule has 65 heavy (non-hydrogen) atoms. The van der Waals surface area contributed by atoms with Crippen molar-refractivity contribution in [1.29, 1.82) is 0 Å². The van der Waals surface area contributed by atoms with Gasteiger partial charge in [0.2, 0.25) is 11.7 Å². The molecule has 0 spiro atoms. The molecule has 3 aromatic carbocycles. The number of amides is 1. The number of anilines is 2. The summed E-state index contributed by atoms with van der Waals surface area (Å²) in [5, 5.41) is 51.9. The van der Waals surface area contributed by atoms with Crippen molar-refractivity contribution in [2.45, 2.75) is 51.8 Å². The van der Waals surface area contributed by atoms with E-state index in [9.17, 15) is 44.0 Å². The van der Waals surface area contributed by atoms with Crippen molar-refractivity contribution in [3.63, 3.8) is 0 Å². The van der Waals surface area contributed by atoms with Crippen molar-refractivity contribution in [1.82, 2.24) is 38.7 Å². The number of carbonyl (C=O) groups excluding carboxylic acids is 2. The Labute approximate surface area is 381 Å². The summed E-state index contributed by atoms with van der Waals surface area (Å²) in [6, 6.07) is 10.5. The third kappa shape index (κ3) is 9.93. The fourth-order valence-electron chi connectivity index (χ4n) is 7.42. The summed E-state index contributed by atoms with van der Waals surface area (Å²) in [7, 11) is 1.22. The third-order valence-electron chi connectivity index (χ3n) is 10.9. The molecular formula is C43H43F3IN9O9. The topological polar surface area (TPSA) is 230 Å². The molecule has 5 N–H and O–H groups in total. The number of hydrogen-bond donors (Lipinski definition) is 5. The van der Waals surface area contributed by atoms with Crippen LogP contribution in [0.15, 0.2) is 64.4 Å². The van der Waals surface area contributed by atoms with Crippen LogP contribution in [-0.4, -0.2) is 110 Å². The van der Waals surface area contributed by atoms with Crippen LogP contribution in [0.25, 0.3) is 28.1 Å². The second-order valence-corrected chi connectivity index (χ2v) is 17.0. The molecule has 7 rings (SSSR count). The molecule has 1 atom stereocenters. The lowest BCUT2D eigenvalue weighted by Crippen LogP contribution is -2.48. The fourth-order valence-corrected chi connectivity index (χ4v) is 7.87. The van der Waals surface area contributed by atoms with E-state index < -0.39 is 65.5 Å². The average molecular weight is 1010 g/mol. The number of fused-ring (bicyclic) bond motifs is 1. The van der Waals surface area contributed by atoms with Gasteiger partial charge in [-0.2, -0.15) is 4.39 Å². The first-order valence-electron chi connectivity index (χ1n) is 20.2. The van der Waals surface area contributed by atoms with Crippen molar-refractivity contribution < 1.29 is 47.9 Å². The number of esters is 1. The highest BCUT2D eigenvalue weighted by atomic mass is 127. The Hall–Kier alpha value is -6.53. The van der Waals surface area contributed by atoms with Crippen molar-refractivity contribution in [3.8, 4) is 34.6 Å². The van der Waals surface area contributed by atoms with Crippen LogP contribution in [0.3, 0.4) is 0 Å². The Balaban J connectivity index is 0.900. The van der Waals surface area contributed by atoms with Gasteiger partial charge in [-0.1, -0.05) is 25.0 Å². The Morgan fingerprint density at radius 1 is 0.908 bits per heavy atom. The summed E-state index contributed by atoms with van der Waals surface area (Å²) >= 11 is 1.89. The number of halogens is 4. The molecule has 4 heterocycles. The molecule has 342 valence electrons. The lowest BCUT2D eigenvalue weighted by Gasteiger charge is -2.34. The molecule has 0 aliphatic carbocycles. The van der Waals surface area contributed by atoms with Crippen molar-refractivity contribution in [3.05, 3.63) is 108 Å². The predicted octanol–water partition coefficient (Wildman–Crippen LogP) is 4.38. The number of phenols is 2. The molecular weight excluding hydrogens is 970 g/mol. The number of aromatic hydroxyl groups is 3. The van der Waals surface area contributed by atoms with Gasteiger partial charge in [0.05, 0.1) is 35.6 Å². The number of aliphatic hydroxyl groups excluding tert-OH is 1. The number of rotatable bonds is 14. The van der Waals surface area contributed by atoms with E-state index >= 15 is 8.78 Å². The SMILES string of the molecule is CC(C)c1cc(-c2nnc(O)n2-c2ccc(CN3CCN(C(=O)CCC(=O)OCC(O)Cn4cnc5c(c(Nc6ccc(I)cc6F)c(F)c(=O)n5C)c4=O)CC3)c(F)c2)c(O)cc1O. The lowest BCUT2D eigenvalue weighted by molar-refractivity contribution is -0.149. The Morgan fingerprint density at radius 2 is 1.65 bits per heavy atom. The maximum Gasteiger partial charge on any atom is 0.319 e. The maximum absolute atomic E-state index is 15.6. The molecule has 0 saturated carbocycles. The molecule has 3 aromatic heterocycles. The summed E-state index contributed by atoms with van der Waals surface area (Å²) in [5.74, 6) is -4.26. The minimum atomic E-state index is -1.44. The van der Waals surface area contributed by atoms with E-state index in [2.05, 4.69) is 20.5 Å². The predicted molar refractivity (Wildman–Crippen MR) is 237 cm³/mol. The van der Waals surface area contributed by atoms with E-state index in [-0.39, 0.29) is 76.5 Å². The van der Waals surface area contributed by atoms with Gasteiger partial charge in [-0.05, 0) is 70.5 Å². The van der Waals surface area contributed by atoms with Gasteiger partial charge in [-0.15, -0.1) is 5.10 Å². The van der Waals surface area contributed by atoms with Crippen LogP contribution in [0.4, 0.5) is 24.5 Å². The fraction of sp³-hybridized carbons (Fsp3) is 0.326. The van der Waals surface area contributed by atoms with E-state index in [0.717, 1.165) is 15.5 Å². The van der Waals surface area contributed by atoms with Crippen molar-refractivity contribution >= 4 is 56.9 Å². The van der Waals surface area contributed by atoms with Crippen LogP contribution in [0.1, 0.15) is 43.7 Å². The smallest absolute Gasteiger partial charge is 0.319 e. The number of ether oxygens (including phenoxy) is 1. The molecule has 18 nitrogen and oxygen atoms in total. The van der Waals surface area contributed by atoms with Crippen LogP contribution in [0.2, 0.25) is 0 Å². The largest absolute Gasteiger partial charge is 0.508 e. The zero-order valence-electron chi connectivity index (χ0n) is 35.1. The van der Waals surface area contributed by atoms with Gasteiger partial charge in [0.25, 0.3) is 11.1 Å². The van der Waals surface area contributed by atoms with Crippen LogP contribution < -0.4 is 16.4 Å². The minimum Gasteiger partial charge on any atom is -0.508 e. The number of phenolic OH excluding ortho intramolecular Hbond substituents is 2. The van der Waals surface area contributed by atoms with E-state index in [1.54, 1.807) is 17.0 Å². The molecule has 1 fully saturated rings. The monoisotopic (exact) mass is 1010 g/mol. The number of benzene rings is 3. The van der Waals surface area contributed by atoms with E-state index in [4.69, 9.17) is 4.74 Å². The molecule has 1 unspecified atom stereocenters. The second kappa shape index (κ2) is 19.3. The van der Waals surface area contributed by atoms with Gasteiger partial charge in [0, 0.05) is 61.4 Å². The third-order valence-corrected chi connectivity index (χ3v) is 11.6. The van der Waals surface area contributed by atoms with E-state index in [1.165, 1.54) is 48.0 Å². The number of piperazine rings is 1. The number of nitrogens with zero attached hydrogens (tertiary/aromatic N) is 8. The zero-order chi connectivity index (χ0) is 46.9. The summed E-state index contributed by atoms with van der Waals surface area (Å²) in [5.41, 5.74) is -1.73. The van der Waals surface area contributed by atoms with E-state index in [1.807, 2.05) is 41.3 Å². The molecule has 22 heteroatoms. The zero-order valence-corrected chi connectivity index (χ0v) is 37.3. The summed E-state index contributed by atoms with van der Waals surface area (Å²) in [4.78, 5) is 59.4. The standard InChI is InChI=1S/C43H43F3IN9O9/c1-22(2)27-16-28(33(59)17-32(27)58)39-50-51-43(64)56(39)25-6-4-23(29(44)15-25)18-53-10-12-54(13-11-53)34(60)8-9-35(61)65-20-26(57)19-55-21-48-40-36(41(55)62)38(37(46)42(63)52(40)3)49-31-7-5-24(47)14-30(31)45/h4-7,14-17,21-22,26,49,57-59H,8-13,18-20H2,1-3H3,(H,51,64). The molecule has 1 saturated heterocycles. The van der Waals surface area contributed by atoms with Crippen LogP contribution in [-0.2, 0) is 34.5 Å². The highest BCUT2D eigenvalue weighted by Crippen LogP contribution is 2.39. The quantitative estimate of drug-likeness (QED) is 0.0754. The Bertz CT molecular complexity index is 2940. The van der Waals surface area contributed by atoms with Gasteiger partial charge in [0.15, 0.2) is 11.5 Å². The number of hydrogen-bond acceptors (Lipinski definition) is 14. The van der Waals surface area contributed by atoms with Crippen LogP contribution in [0, 0.1) is 21.0 Å². The molecule has 1 amide bonds.